The first kappa shape index (κ1) is 19.2. The lowest BCUT2D eigenvalue weighted by atomic mass is 9.87. The highest BCUT2D eigenvalue weighted by molar-refractivity contribution is 5.10. The maximum absolute atomic E-state index is 10.5. The Hall–Kier alpha value is -0.860. The third kappa shape index (κ3) is 7.42. The molecular formula is C20H34O2. The van der Waals surface area contributed by atoms with E-state index in [1.807, 2.05) is 19.1 Å². The van der Waals surface area contributed by atoms with E-state index in [1.54, 1.807) is 0 Å². The van der Waals surface area contributed by atoms with Crippen LogP contribution in [0.4, 0.5) is 0 Å². The summed E-state index contributed by atoms with van der Waals surface area (Å²) in [4.78, 5) is 0. The number of allylic oxidation sites excluding steroid dienone is 3. The highest BCUT2D eigenvalue weighted by Crippen LogP contribution is 2.25. The van der Waals surface area contributed by atoms with Crippen LogP contribution in [0.1, 0.15) is 66.7 Å². The summed E-state index contributed by atoms with van der Waals surface area (Å²) >= 11 is 0. The minimum absolute atomic E-state index is 0.396. The first-order chi connectivity index (χ1) is 10.2. The lowest BCUT2D eigenvalue weighted by Gasteiger charge is -2.22. The van der Waals surface area contributed by atoms with Crippen LogP contribution in [0.5, 0.6) is 0 Å². The largest absolute Gasteiger partial charge is 0.389 e. The van der Waals surface area contributed by atoms with Gasteiger partial charge in [-0.1, -0.05) is 49.3 Å². The molecule has 0 spiro atoms. The summed E-state index contributed by atoms with van der Waals surface area (Å²) in [7, 11) is 0. The van der Waals surface area contributed by atoms with Crippen LogP contribution in [0.3, 0.4) is 0 Å². The maximum Gasteiger partial charge on any atom is 0.0802 e. The Morgan fingerprint density at radius 3 is 2.55 bits per heavy atom. The average molecular weight is 306 g/mol. The van der Waals surface area contributed by atoms with Gasteiger partial charge in [-0.15, -0.1) is 0 Å². The normalized spacial score (nSPS) is 38.5. The molecule has 0 radical (unpaired) electrons. The smallest absolute Gasteiger partial charge is 0.0802 e. The number of aliphatic hydroxyl groups is 2. The predicted molar refractivity (Wildman–Crippen MR) is 94.7 cm³/mol. The van der Waals surface area contributed by atoms with Crippen LogP contribution in [0.15, 0.2) is 35.5 Å². The Labute approximate surface area is 136 Å². The molecule has 0 aromatic heterocycles. The highest BCUT2D eigenvalue weighted by atomic mass is 16.3. The molecule has 0 amide bonds. The fourth-order valence-corrected chi connectivity index (χ4v) is 2.96. The van der Waals surface area contributed by atoms with E-state index in [0.717, 1.165) is 25.7 Å². The predicted octanol–water partition coefficient (Wildman–Crippen LogP) is 4.78. The summed E-state index contributed by atoms with van der Waals surface area (Å²) in [6.07, 6.45) is 12.2. The lowest BCUT2D eigenvalue weighted by Crippen LogP contribution is -2.21. The molecular weight excluding hydrogens is 272 g/mol. The third-order valence-corrected chi connectivity index (χ3v) is 4.58. The van der Waals surface area contributed by atoms with Crippen molar-refractivity contribution in [2.45, 2.75) is 78.4 Å². The molecule has 0 saturated carbocycles. The van der Waals surface area contributed by atoms with Gasteiger partial charge >= 0.3 is 0 Å². The monoisotopic (exact) mass is 306 g/mol. The Morgan fingerprint density at radius 2 is 1.91 bits per heavy atom. The van der Waals surface area contributed by atoms with Crippen molar-refractivity contribution in [1.29, 1.82) is 0 Å². The quantitative estimate of drug-likeness (QED) is 0.684. The molecule has 3 atom stereocenters. The molecule has 126 valence electrons. The van der Waals surface area contributed by atoms with Crippen molar-refractivity contribution in [1.82, 2.24) is 0 Å². The Bertz CT molecular complexity index is 427. The number of rotatable bonds is 1. The fraction of sp³-hybridized carbons (Fsp3) is 0.700. The summed E-state index contributed by atoms with van der Waals surface area (Å²) in [6, 6.07) is 0. The van der Waals surface area contributed by atoms with Crippen LogP contribution in [0.25, 0.3) is 0 Å². The van der Waals surface area contributed by atoms with Crippen molar-refractivity contribution in [2.75, 3.05) is 0 Å². The summed E-state index contributed by atoms with van der Waals surface area (Å²) in [6.45, 7) is 10.5. The molecule has 2 heteroatoms. The van der Waals surface area contributed by atoms with Crippen LogP contribution in [-0.2, 0) is 0 Å². The number of aliphatic hydroxyl groups excluding tert-OH is 1. The van der Waals surface area contributed by atoms with Gasteiger partial charge in [0.25, 0.3) is 0 Å². The van der Waals surface area contributed by atoms with Crippen LogP contribution >= 0.6 is 0 Å². The Morgan fingerprint density at radius 1 is 1.23 bits per heavy atom. The molecule has 2 nitrogen and oxygen atoms in total. The van der Waals surface area contributed by atoms with Crippen molar-refractivity contribution in [3.63, 3.8) is 0 Å². The van der Waals surface area contributed by atoms with Gasteiger partial charge in [-0.05, 0) is 64.7 Å². The molecule has 1 aliphatic carbocycles. The lowest BCUT2D eigenvalue weighted by molar-refractivity contribution is 0.102. The minimum atomic E-state index is -0.752. The zero-order valence-corrected chi connectivity index (χ0v) is 15.0. The molecule has 22 heavy (non-hydrogen) atoms. The van der Waals surface area contributed by atoms with Crippen molar-refractivity contribution >= 4 is 0 Å². The van der Waals surface area contributed by atoms with E-state index in [-0.39, 0.29) is 0 Å². The van der Waals surface area contributed by atoms with E-state index in [1.165, 1.54) is 11.1 Å². The van der Waals surface area contributed by atoms with Crippen molar-refractivity contribution < 1.29 is 10.2 Å². The maximum atomic E-state index is 10.5. The van der Waals surface area contributed by atoms with E-state index < -0.39 is 11.7 Å². The number of hydrogen-bond donors (Lipinski definition) is 2. The van der Waals surface area contributed by atoms with Gasteiger partial charge in [0.05, 0.1) is 11.7 Å². The van der Waals surface area contributed by atoms with Gasteiger partial charge in [0.1, 0.15) is 0 Å². The van der Waals surface area contributed by atoms with Gasteiger partial charge in [0.15, 0.2) is 0 Å². The molecule has 1 aliphatic rings. The molecule has 0 aromatic rings. The zero-order valence-electron chi connectivity index (χ0n) is 15.0. The topological polar surface area (TPSA) is 40.5 Å². The molecule has 1 rings (SSSR count). The minimum Gasteiger partial charge on any atom is -0.389 e. The van der Waals surface area contributed by atoms with E-state index in [4.69, 9.17) is 0 Å². The van der Waals surface area contributed by atoms with Gasteiger partial charge in [0, 0.05) is 0 Å². The molecule has 0 aromatic carbocycles. The van der Waals surface area contributed by atoms with Crippen LogP contribution in [0.2, 0.25) is 0 Å². The van der Waals surface area contributed by atoms with Gasteiger partial charge < -0.3 is 10.2 Å². The molecule has 2 N–H and O–H groups in total. The van der Waals surface area contributed by atoms with Crippen molar-refractivity contribution in [3.8, 4) is 0 Å². The van der Waals surface area contributed by atoms with Gasteiger partial charge in [-0.25, -0.2) is 0 Å². The van der Waals surface area contributed by atoms with E-state index in [0.29, 0.717) is 18.3 Å². The Balaban J connectivity index is 2.95. The van der Waals surface area contributed by atoms with Crippen LogP contribution in [0, 0.1) is 11.8 Å². The Kier molecular flexibility index (Phi) is 7.58. The van der Waals surface area contributed by atoms with Gasteiger partial charge in [-0.3, -0.25) is 0 Å². The standard InChI is InChI=1S/C20H34O2/c1-15(2)18-9-8-17(4)14-19(21)13-16(3)7-6-11-20(5,22)12-10-18/h7,10,12,14-15,18-19,21-22H,6,8-9,11,13H2,1-5H3/b12-10+,16-7+,17-14+/t18?,19-,20-/m1/s1. The van der Waals surface area contributed by atoms with Crippen molar-refractivity contribution in [2.24, 2.45) is 11.8 Å². The second kappa shape index (κ2) is 8.69. The first-order valence-electron chi connectivity index (χ1n) is 8.62. The summed E-state index contributed by atoms with van der Waals surface area (Å²) in [5, 5.41) is 20.7. The van der Waals surface area contributed by atoms with E-state index in [9.17, 15) is 10.2 Å². The van der Waals surface area contributed by atoms with Gasteiger partial charge in [-0.2, -0.15) is 0 Å². The fourth-order valence-electron chi connectivity index (χ4n) is 2.96. The highest BCUT2D eigenvalue weighted by Gasteiger charge is 2.18. The summed E-state index contributed by atoms with van der Waals surface area (Å²) < 4.78 is 0. The van der Waals surface area contributed by atoms with E-state index >= 15 is 0 Å². The molecule has 0 saturated heterocycles. The number of hydrogen-bond acceptors (Lipinski definition) is 2. The average Bonchev–Trinajstić information content (AvgIpc) is 2.36. The molecule has 0 fully saturated rings. The second-order valence-electron chi connectivity index (χ2n) is 7.54. The van der Waals surface area contributed by atoms with Gasteiger partial charge in [0.2, 0.25) is 0 Å². The third-order valence-electron chi connectivity index (χ3n) is 4.58. The second-order valence-corrected chi connectivity index (χ2v) is 7.54. The molecule has 0 bridgehead atoms. The molecule has 0 aliphatic heterocycles. The van der Waals surface area contributed by atoms with E-state index in [2.05, 4.69) is 39.8 Å². The summed E-state index contributed by atoms with van der Waals surface area (Å²) in [5.74, 6) is 1.02. The van der Waals surface area contributed by atoms with Crippen LogP contribution in [-0.4, -0.2) is 21.9 Å². The zero-order chi connectivity index (χ0) is 16.8. The van der Waals surface area contributed by atoms with Crippen molar-refractivity contribution in [3.05, 3.63) is 35.5 Å². The van der Waals surface area contributed by atoms with Crippen LogP contribution < -0.4 is 0 Å². The molecule has 0 heterocycles. The SMILES string of the molecule is C/C1=C\[C@H](O)C/C(C)=C/CC[C@@](C)(O)/C=C/C(C(C)C)CC1. The first-order valence-corrected chi connectivity index (χ1v) is 8.62. The molecule has 1 unspecified atom stereocenters. The summed E-state index contributed by atoms with van der Waals surface area (Å²) in [5.41, 5.74) is 1.69.